The van der Waals surface area contributed by atoms with Gasteiger partial charge in [0.15, 0.2) is 6.29 Å². The molecule has 1 saturated heterocycles. The Kier molecular flexibility index (Phi) is 9.14. The summed E-state index contributed by atoms with van der Waals surface area (Å²) in [6, 6.07) is 9.05. The van der Waals surface area contributed by atoms with E-state index in [1.165, 1.54) is 10.6 Å². The summed E-state index contributed by atoms with van der Waals surface area (Å²) in [4.78, 5) is 41.3. The normalized spacial score (nSPS) is 18.2. The number of aryl methyl sites for hydroxylation is 1. The summed E-state index contributed by atoms with van der Waals surface area (Å²) in [5.41, 5.74) is 0.345. The van der Waals surface area contributed by atoms with Gasteiger partial charge in [-0.1, -0.05) is 30.3 Å². The second kappa shape index (κ2) is 11.8. The molecule has 2 atom stereocenters. The van der Waals surface area contributed by atoms with Crippen molar-refractivity contribution in [3.8, 4) is 0 Å². The number of benzene rings is 1. The summed E-state index contributed by atoms with van der Waals surface area (Å²) in [5.74, 6) is -0.639. The van der Waals surface area contributed by atoms with Crippen LogP contribution in [0.3, 0.4) is 0 Å². The summed E-state index contributed by atoms with van der Waals surface area (Å²) >= 11 is 5.89. The maximum absolute atomic E-state index is 13.8. The number of rotatable bonds is 10. The van der Waals surface area contributed by atoms with Crippen LogP contribution in [0, 0.1) is 6.92 Å². The van der Waals surface area contributed by atoms with Crippen LogP contribution in [0.25, 0.3) is 0 Å². The zero-order chi connectivity index (χ0) is 29.1. The highest BCUT2D eigenvalue weighted by molar-refractivity contribution is 7.91. The van der Waals surface area contributed by atoms with Crippen LogP contribution >= 0.6 is 11.6 Å². The molecule has 2 amide bonds. The third-order valence-electron chi connectivity index (χ3n) is 6.20. The van der Waals surface area contributed by atoms with Crippen molar-refractivity contribution >= 4 is 39.6 Å². The Labute approximate surface area is 233 Å². The van der Waals surface area contributed by atoms with E-state index >= 15 is 0 Å². The number of halogens is 1. The predicted octanol–water partition coefficient (Wildman–Crippen LogP) is 2.35. The molecule has 0 bridgehead atoms. The van der Waals surface area contributed by atoms with Gasteiger partial charge in [-0.2, -0.15) is 0 Å². The number of aromatic nitrogens is 1. The molecule has 0 radical (unpaired) electrons. The van der Waals surface area contributed by atoms with E-state index in [-0.39, 0.29) is 36.6 Å². The molecule has 1 aromatic heterocycles. The number of hydrogen-bond acceptors (Lipinski definition) is 7. The van der Waals surface area contributed by atoms with Gasteiger partial charge in [0.25, 0.3) is 5.56 Å². The van der Waals surface area contributed by atoms with E-state index in [1.807, 2.05) is 27.7 Å². The molecule has 11 nitrogen and oxygen atoms in total. The number of carbonyl (C=O) groups excluding carboxylic acids is 2. The molecular formula is C26H35ClN6O5S. The zero-order valence-corrected chi connectivity index (χ0v) is 24.3. The van der Waals surface area contributed by atoms with Crippen LogP contribution in [0.15, 0.2) is 53.5 Å². The first-order chi connectivity index (χ1) is 18.1. The Balaban J connectivity index is 2.02. The third kappa shape index (κ3) is 7.40. The molecule has 1 fully saturated rings. The molecule has 0 spiro atoms. The number of carbonyl (C=O) groups is 2. The van der Waals surface area contributed by atoms with E-state index in [0.29, 0.717) is 28.4 Å². The molecule has 1 aliphatic heterocycles. The highest BCUT2D eigenvalue weighted by atomic mass is 35.5. The summed E-state index contributed by atoms with van der Waals surface area (Å²) in [5, 5.41) is 6.01. The van der Waals surface area contributed by atoms with E-state index in [1.54, 1.807) is 47.1 Å². The molecule has 13 heteroatoms. The second-order valence-corrected chi connectivity index (χ2v) is 12.6. The number of amides is 2. The van der Waals surface area contributed by atoms with Crippen molar-refractivity contribution in [1.29, 1.82) is 0 Å². The highest BCUT2D eigenvalue weighted by Crippen LogP contribution is 2.35. The molecule has 2 aromatic rings. The summed E-state index contributed by atoms with van der Waals surface area (Å²) in [6.45, 7) is 13.2. The van der Waals surface area contributed by atoms with Gasteiger partial charge in [-0.25, -0.2) is 13.3 Å². The fourth-order valence-corrected chi connectivity index (χ4v) is 5.74. The Bertz CT molecular complexity index is 1400. The lowest BCUT2D eigenvalue weighted by Crippen LogP contribution is -2.49. The average molecular weight is 579 g/mol. The second-order valence-electron chi connectivity index (χ2n) is 10.5. The lowest BCUT2D eigenvalue weighted by Gasteiger charge is -2.34. The van der Waals surface area contributed by atoms with Crippen LogP contribution in [0.5, 0.6) is 0 Å². The quantitative estimate of drug-likeness (QED) is 0.369. The van der Waals surface area contributed by atoms with Gasteiger partial charge in [-0.05, 0) is 64.4 Å². The van der Waals surface area contributed by atoms with Gasteiger partial charge < -0.3 is 15.5 Å². The number of hydrogen-bond donors (Lipinski definition) is 3. The van der Waals surface area contributed by atoms with Gasteiger partial charge in [0.05, 0.1) is 25.0 Å². The molecule has 0 saturated carbocycles. The fourth-order valence-electron chi connectivity index (χ4n) is 4.42. The molecule has 2 unspecified atom stereocenters. The van der Waals surface area contributed by atoms with Crippen molar-refractivity contribution < 1.29 is 18.0 Å². The Hall–Kier alpha value is -3.35. The molecule has 212 valence electrons. The fraction of sp³-hybridized carbons (Fsp3) is 0.423. The first-order valence-electron chi connectivity index (χ1n) is 12.3. The maximum Gasteiger partial charge on any atom is 0.277 e. The van der Waals surface area contributed by atoms with Crippen molar-refractivity contribution in [2.24, 2.45) is 0 Å². The smallest absolute Gasteiger partial charge is 0.277 e. The third-order valence-corrected chi connectivity index (χ3v) is 7.69. The van der Waals surface area contributed by atoms with Crippen LogP contribution in [-0.4, -0.2) is 59.9 Å². The van der Waals surface area contributed by atoms with E-state index in [0.717, 1.165) is 0 Å². The Morgan fingerprint density at radius 1 is 1.15 bits per heavy atom. The first-order valence-corrected chi connectivity index (χ1v) is 14.3. The molecule has 3 N–H and O–H groups in total. The highest BCUT2D eigenvalue weighted by Gasteiger charge is 2.42. The maximum atomic E-state index is 13.8. The molecule has 0 aliphatic carbocycles. The minimum Gasteiger partial charge on any atom is -0.350 e. The van der Waals surface area contributed by atoms with Crippen molar-refractivity contribution in [3.63, 3.8) is 0 Å². The molecular weight excluding hydrogens is 544 g/mol. The van der Waals surface area contributed by atoms with Crippen molar-refractivity contribution in [2.45, 2.75) is 58.2 Å². The average Bonchev–Trinajstić information content (AvgIpc) is 3.04. The van der Waals surface area contributed by atoms with Crippen LogP contribution in [0.1, 0.15) is 45.2 Å². The predicted molar refractivity (Wildman–Crippen MR) is 151 cm³/mol. The lowest BCUT2D eigenvalue weighted by atomic mass is 10.1. The molecule has 3 rings (SSSR count). The van der Waals surface area contributed by atoms with Crippen LogP contribution in [0.4, 0.5) is 5.69 Å². The number of sulfonamides is 1. The van der Waals surface area contributed by atoms with E-state index in [4.69, 9.17) is 11.6 Å². The Morgan fingerprint density at radius 3 is 2.38 bits per heavy atom. The van der Waals surface area contributed by atoms with Gasteiger partial charge in [0, 0.05) is 22.0 Å². The Morgan fingerprint density at radius 2 is 1.79 bits per heavy atom. The van der Waals surface area contributed by atoms with Gasteiger partial charge in [0.2, 0.25) is 22.3 Å². The van der Waals surface area contributed by atoms with Crippen molar-refractivity contribution in [3.05, 3.63) is 75.3 Å². The topological polar surface area (TPSA) is 133 Å². The first kappa shape index (κ1) is 30.2. The SMILES string of the molecule is C=C1C(C)N(CNC=O)C(n2c(C)ccc(NS(=O)(=O)Cc3ccc(Cl)cc3)c2=O)N1CC(=O)NC(C)(C)C. The molecule has 1 aromatic carbocycles. The van der Waals surface area contributed by atoms with E-state index in [9.17, 15) is 22.8 Å². The minimum absolute atomic E-state index is 0.0597. The van der Waals surface area contributed by atoms with Crippen LogP contribution < -0.4 is 20.9 Å². The van der Waals surface area contributed by atoms with Crippen molar-refractivity contribution in [1.82, 2.24) is 25.0 Å². The summed E-state index contributed by atoms with van der Waals surface area (Å²) < 4.78 is 29.7. The molecule has 1 aliphatic rings. The van der Waals surface area contributed by atoms with Crippen LogP contribution in [-0.2, 0) is 25.4 Å². The standard InChI is InChI=1S/C26H35ClN6O5S/c1-17-7-12-22(30-39(37,38)14-20-8-10-21(27)11-9-20)24(36)33(17)25-31(13-23(35)29-26(4,5)6)18(2)19(3)32(25)15-28-16-34/h7-12,16,19,25,30H,2,13-15H2,1,3-6H3,(H,28,34)(H,29,35). The minimum atomic E-state index is -3.95. The van der Waals surface area contributed by atoms with Gasteiger partial charge in [0.1, 0.15) is 5.69 Å². The van der Waals surface area contributed by atoms with Crippen molar-refractivity contribution in [2.75, 3.05) is 17.9 Å². The molecule has 39 heavy (non-hydrogen) atoms. The van der Waals surface area contributed by atoms with Gasteiger partial charge in [-0.3, -0.25) is 23.7 Å². The number of nitrogens with one attached hydrogen (secondary N) is 3. The number of anilines is 1. The number of pyridine rings is 1. The van der Waals surface area contributed by atoms with Gasteiger partial charge >= 0.3 is 0 Å². The van der Waals surface area contributed by atoms with E-state index in [2.05, 4.69) is 21.9 Å². The largest absolute Gasteiger partial charge is 0.350 e. The lowest BCUT2D eigenvalue weighted by molar-refractivity contribution is -0.124. The van der Waals surface area contributed by atoms with Gasteiger partial charge in [-0.15, -0.1) is 0 Å². The zero-order valence-electron chi connectivity index (χ0n) is 22.7. The van der Waals surface area contributed by atoms with Crippen LogP contribution in [0.2, 0.25) is 5.02 Å². The summed E-state index contributed by atoms with van der Waals surface area (Å²) in [7, 11) is -3.95. The number of nitrogens with zero attached hydrogens (tertiary/aromatic N) is 3. The van der Waals surface area contributed by atoms with E-state index < -0.39 is 27.4 Å². The molecule has 2 heterocycles. The summed E-state index contributed by atoms with van der Waals surface area (Å²) in [6.07, 6.45) is -0.322. The monoisotopic (exact) mass is 578 g/mol.